The molecule has 0 aliphatic heterocycles. The van der Waals surface area contributed by atoms with Gasteiger partial charge in [-0.2, -0.15) is 18.3 Å². The molecule has 0 aliphatic carbocycles. The van der Waals surface area contributed by atoms with Gasteiger partial charge >= 0.3 is 12.1 Å². The topological polar surface area (TPSA) is 122 Å². The number of rotatable bonds is 18. The van der Waals surface area contributed by atoms with Crippen molar-refractivity contribution in [2.24, 2.45) is 0 Å². The number of alkyl halides is 3. The number of halogens is 3. The number of carbonyl (C=O) groups is 1. The van der Waals surface area contributed by atoms with Crippen molar-refractivity contribution in [2.45, 2.75) is 51.7 Å². The van der Waals surface area contributed by atoms with Crippen molar-refractivity contribution in [3.05, 3.63) is 59.8 Å². The lowest BCUT2D eigenvalue weighted by molar-refractivity contribution is -0.141. The third kappa shape index (κ3) is 9.06. The minimum atomic E-state index is -4.71. The first kappa shape index (κ1) is 34.4. The molecular formula is C32H36F3N5O6. The number of unbranched alkanes of at least 4 members (excludes halogenated alkanes) is 1. The van der Waals surface area contributed by atoms with Crippen molar-refractivity contribution in [3.63, 3.8) is 0 Å². The van der Waals surface area contributed by atoms with Gasteiger partial charge in [0.05, 0.1) is 29.6 Å². The van der Waals surface area contributed by atoms with Crippen molar-refractivity contribution in [1.29, 1.82) is 0 Å². The number of aryl methyl sites for hydroxylation is 1. The monoisotopic (exact) mass is 643 g/mol. The van der Waals surface area contributed by atoms with Crippen molar-refractivity contribution in [1.82, 2.24) is 24.1 Å². The standard InChI is InChI=1S/C32H36F3N5O6/c1-3-12-39-22-26(28(38-39)32(33,34)35)27-21-37-29-30(36-11-13-40(27)29)46-24-9-10-25(23(4-2)20-24)31(42)45-19-8-18-44-16-6-5-15-43-17-7-14-41/h1,9-11,13,20-22,41H,4-8,12,14-19H2,2H3. The van der Waals surface area contributed by atoms with Crippen LogP contribution in [-0.4, -0.2) is 74.9 Å². The van der Waals surface area contributed by atoms with Gasteiger partial charge in [0.2, 0.25) is 5.65 Å². The Morgan fingerprint density at radius 1 is 1.04 bits per heavy atom. The molecule has 0 amide bonds. The molecule has 4 rings (SSSR count). The number of aliphatic hydroxyl groups is 1. The summed E-state index contributed by atoms with van der Waals surface area (Å²) in [6.07, 6.45) is 9.37. The Hall–Kier alpha value is -4.45. The van der Waals surface area contributed by atoms with Crippen LogP contribution in [0.5, 0.6) is 11.6 Å². The molecule has 0 spiro atoms. The van der Waals surface area contributed by atoms with Gasteiger partial charge < -0.3 is 24.1 Å². The number of aromatic nitrogens is 5. The van der Waals surface area contributed by atoms with Gasteiger partial charge in [-0.15, -0.1) is 6.42 Å². The van der Waals surface area contributed by atoms with Gasteiger partial charge in [-0.05, 0) is 49.4 Å². The number of imidazole rings is 1. The number of fused-ring (bicyclic) bond motifs is 1. The molecule has 1 N–H and O–H groups in total. The molecule has 0 saturated carbocycles. The van der Waals surface area contributed by atoms with Crippen molar-refractivity contribution in [3.8, 4) is 35.2 Å². The predicted octanol–water partition coefficient (Wildman–Crippen LogP) is 5.34. The van der Waals surface area contributed by atoms with E-state index in [9.17, 15) is 18.0 Å². The van der Waals surface area contributed by atoms with Gasteiger partial charge in [0.1, 0.15) is 12.3 Å². The summed E-state index contributed by atoms with van der Waals surface area (Å²) in [6.45, 7) is 4.34. The average Bonchev–Trinajstić information content (AvgIpc) is 3.67. The molecular weight excluding hydrogens is 607 g/mol. The summed E-state index contributed by atoms with van der Waals surface area (Å²) < 4.78 is 66.2. The highest BCUT2D eigenvalue weighted by atomic mass is 19.4. The minimum Gasteiger partial charge on any atom is -0.462 e. The van der Waals surface area contributed by atoms with E-state index in [0.29, 0.717) is 62.6 Å². The van der Waals surface area contributed by atoms with E-state index in [1.165, 1.54) is 29.2 Å². The van der Waals surface area contributed by atoms with Gasteiger partial charge in [0.25, 0.3) is 5.88 Å². The number of terminal acetylenes is 1. The average molecular weight is 644 g/mol. The maximum absolute atomic E-state index is 13.8. The lowest BCUT2D eigenvalue weighted by Gasteiger charge is -2.12. The molecule has 0 fully saturated rings. The zero-order valence-electron chi connectivity index (χ0n) is 25.5. The van der Waals surface area contributed by atoms with Crippen molar-refractivity contribution >= 4 is 11.6 Å². The number of esters is 1. The normalized spacial score (nSPS) is 11.6. The number of ether oxygens (including phenoxy) is 4. The smallest absolute Gasteiger partial charge is 0.435 e. The largest absolute Gasteiger partial charge is 0.462 e. The zero-order valence-corrected chi connectivity index (χ0v) is 25.5. The highest BCUT2D eigenvalue weighted by Gasteiger charge is 2.38. The Morgan fingerprint density at radius 3 is 2.48 bits per heavy atom. The van der Waals surface area contributed by atoms with E-state index < -0.39 is 17.8 Å². The Bertz CT molecular complexity index is 1630. The highest BCUT2D eigenvalue weighted by molar-refractivity contribution is 5.91. The molecule has 0 radical (unpaired) electrons. The molecule has 3 aromatic heterocycles. The van der Waals surface area contributed by atoms with Crippen LogP contribution in [0.1, 0.15) is 54.2 Å². The predicted molar refractivity (Wildman–Crippen MR) is 161 cm³/mol. The van der Waals surface area contributed by atoms with Gasteiger partial charge in [-0.3, -0.25) is 9.08 Å². The molecule has 0 unspecified atom stereocenters. The van der Waals surface area contributed by atoms with Gasteiger partial charge in [-0.25, -0.2) is 14.8 Å². The van der Waals surface area contributed by atoms with Crippen LogP contribution in [0.4, 0.5) is 13.2 Å². The lowest BCUT2D eigenvalue weighted by Crippen LogP contribution is -2.11. The summed E-state index contributed by atoms with van der Waals surface area (Å²) in [4.78, 5) is 21.3. The molecule has 0 aliphatic rings. The van der Waals surface area contributed by atoms with Crippen LogP contribution in [0, 0.1) is 12.3 Å². The molecule has 0 bridgehead atoms. The van der Waals surface area contributed by atoms with Gasteiger partial charge in [0.15, 0.2) is 5.69 Å². The van der Waals surface area contributed by atoms with Crippen LogP contribution in [0.15, 0.2) is 43.0 Å². The first-order valence-corrected chi connectivity index (χ1v) is 14.9. The Balaban J connectivity index is 1.36. The van der Waals surface area contributed by atoms with Crippen molar-refractivity contribution < 1.29 is 42.0 Å². The number of benzene rings is 1. The fourth-order valence-electron chi connectivity index (χ4n) is 4.58. The Kier molecular flexibility index (Phi) is 12.5. The molecule has 246 valence electrons. The van der Waals surface area contributed by atoms with Crippen LogP contribution in [0.3, 0.4) is 0 Å². The highest BCUT2D eigenvalue weighted by Crippen LogP contribution is 2.37. The SMILES string of the molecule is C#CCn1cc(-c2cnc3c(Oc4ccc(C(=O)OCCCOCCCCOCCCO)c(CC)c4)nccn23)c(C(F)(F)F)n1. The summed E-state index contributed by atoms with van der Waals surface area (Å²) in [7, 11) is 0. The molecule has 11 nitrogen and oxygen atoms in total. The zero-order chi connectivity index (χ0) is 32.9. The Morgan fingerprint density at radius 2 is 1.78 bits per heavy atom. The van der Waals surface area contributed by atoms with Crippen molar-refractivity contribution in [2.75, 3.05) is 39.6 Å². The lowest BCUT2D eigenvalue weighted by atomic mass is 10.0. The summed E-state index contributed by atoms with van der Waals surface area (Å²) in [5.41, 5.74) is 0.132. The van der Waals surface area contributed by atoms with E-state index in [2.05, 4.69) is 21.0 Å². The van der Waals surface area contributed by atoms with E-state index in [-0.39, 0.29) is 42.5 Å². The second-order valence-corrected chi connectivity index (χ2v) is 10.1. The second-order valence-electron chi connectivity index (χ2n) is 10.1. The van der Waals surface area contributed by atoms with E-state index in [0.717, 1.165) is 17.5 Å². The molecule has 14 heteroatoms. The Labute approximate surface area is 264 Å². The molecule has 0 atom stereocenters. The first-order chi connectivity index (χ1) is 22.3. The molecule has 0 saturated heterocycles. The summed E-state index contributed by atoms with van der Waals surface area (Å²) in [5.74, 6) is 2.24. The summed E-state index contributed by atoms with van der Waals surface area (Å²) in [6, 6.07) is 4.88. The molecule has 46 heavy (non-hydrogen) atoms. The number of hydrogen-bond donors (Lipinski definition) is 1. The van der Waals surface area contributed by atoms with E-state index >= 15 is 0 Å². The van der Waals surface area contributed by atoms with E-state index in [1.54, 1.807) is 18.2 Å². The second kappa shape index (κ2) is 16.7. The number of aliphatic hydroxyl groups excluding tert-OH is 1. The number of carbonyl (C=O) groups excluding carboxylic acids is 1. The number of hydrogen-bond acceptors (Lipinski definition) is 9. The summed E-state index contributed by atoms with van der Waals surface area (Å²) in [5, 5.41) is 12.3. The molecule has 1 aromatic carbocycles. The molecule has 4 aromatic rings. The third-order valence-electron chi connectivity index (χ3n) is 6.79. The maximum atomic E-state index is 13.8. The van der Waals surface area contributed by atoms with Crippen LogP contribution in [0.2, 0.25) is 0 Å². The quantitative estimate of drug-likeness (QED) is 0.0870. The first-order valence-electron chi connectivity index (χ1n) is 14.9. The molecule has 3 heterocycles. The maximum Gasteiger partial charge on any atom is 0.435 e. The minimum absolute atomic E-state index is 0.0601. The van der Waals surface area contributed by atoms with Crippen LogP contribution in [-0.2, 0) is 33.4 Å². The third-order valence-corrected chi connectivity index (χ3v) is 6.79. The van der Waals surface area contributed by atoms with Crippen LogP contribution < -0.4 is 4.74 Å². The fraction of sp³-hybridized carbons (Fsp3) is 0.438. The fourth-order valence-corrected chi connectivity index (χ4v) is 4.58. The van der Waals surface area contributed by atoms with Gasteiger partial charge in [-0.1, -0.05) is 12.8 Å². The van der Waals surface area contributed by atoms with E-state index in [1.807, 2.05) is 6.92 Å². The van der Waals surface area contributed by atoms with Crippen LogP contribution >= 0.6 is 0 Å². The van der Waals surface area contributed by atoms with Crippen LogP contribution in [0.25, 0.3) is 16.9 Å². The van der Waals surface area contributed by atoms with Gasteiger partial charge in [0, 0.05) is 58.0 Å². The number of nitrogens with zero attached hydrogens (tertiary/aromatic N) is 5. The summed E-state index contributed by atoms with van der Waals surface area (Å²) >= 11 is 0. The van der Waals surface area contributed by atoms with E-state index in [4.69, 9.17) is 30.5 Å².